The van der Waals surface area contributed by atoms with E-state index in [1.807, 2.05) is 0 Å². The van der Waals surface area contributed by atoms with Crippen LogP contribution in [0.3, 0.4) is 0 Å². The highest BCUT2D eigenvalue weighted by atomic mass is 32.2. The van der Waals surface area contributed by atoms with Gasteiger partial charge < -0.3 is 4.74 Å². The van der Waals surface area contributed by atoms with Crippen LogP contribution in [-0.2, 0) is 14.8 Å². The molecule has 1 aliphatic heterocycles. The van der Waals surface area contributed by atoms with Crippen molar-refractivity contribution in [2.45, 2.75) is 102 Å². The lowest BCUT2D eigenvalue weighted by Gasteiger charge is -2.03. The summed E-state index contributed by atoms with van der Waals surface area (Å²) in [6.07, 6.45) is 19.0. The summed E-state index contributed by atoms with van der Waals surface area (Å²) in [6, 6.07) is 0. The Morgan fingerprint density at radius 2 is 1.20 bits per heavy atom. The molecule has 0 aromatic rings. The van der Waals surface area contributed by atoms with E-state index < -0.39 is 10.0 Å². The number of ether oxygens (including phenoxy) is 1. The topological polar surface area (TPSA) is 95.4 Å². The second-order valence-electron chi connectivity index (χ2n) is 7.15. The van der Waals surface area contributed by atoms with Gasteiger partial charge in [0.1, 0.15) is 0 Å². The van der Waals surface area contributed by atoms with Crippen molar-refractivity contribution in [3.63, 3.8) is 0 Å². The maximum Gasteiger partial charge on any atom is 0.235 e. The summed E-state index contributed by atoms with van der Waals surface area (Å²) in [5.74, 6) is -0.0224. The highest BCUT2D eigenvalue weighted by molar-refractivity contribution is 7.89. The molecule has 0 saturated carbocycles. The molecule has 1 fully saturated rings. The molecule has 0 N–H and O–H groups in total. The van der Waals surface area contributed by atoms with E-state index in [1.165, 1.54) is 77.0 Å². The molecule has 0 amide bonds. The van der Waals surface area contributed by atoms with Gasteiger partial charge in [0.2, 0.25) is 10.0 Å². The molecule has 1 rings (SSSR count). The normalized spacial score (nSPS) is 16.6. The predicted molar refractivity (Wildman–Crippen MR) is 102 cm³/mol. The van der Waals surface area contributed by atoms with Crippen molar-refractivity contribution in [3.05, 3.63) is 10.4 Å². The molecule has 1 atom stereocenters. The fourth-order valence-electron chi connectivity index (χ4n) is 3.11. The van der Waals surface area contributed by atoms with E-state index in [2.05, 4.69) is 9.43 Å². The van der Waals surface area contributed by atoms with Gasteiger partial charge in [-0.2, -0.15) is 0 Å². The Labute approximate surface area is 153 Å². The molecule has 1 unspecified atom stereocenters. The Hall–Kier alpha value is -0.780. The summed E-state index contributed by atoms with van der Waals surface area (Å²) < 4.78 is 30.4. The van der Waals surface area contributed by atoms with Crippen LogP contribution < -0.4 is 0 Å². The summed E-state index contributed by atoms with van der Waals surface area (Å²) in [6.45, 7) is 0.999. The minimum absolute atomic E-state index is 0.0224. The van der Waals surface area contributed by atoms with Gasteiger partial charge >= 0.3 is 0 Å². The molecule has 0 aromatic carbocycles. The molecule has 0 radical (unpaired) electrons. The van der Waals surface area contributed by atoms with Gasteiger partial charge in [0, 0.05) is 9.43 Å². The molecule has 0 bridgehead atoms. The number of epoxide rings is 1. The Morgan fingerprint density at radius 1 is 0.800 bits per heavy atom. The van der Waals surface area contributed by atoms with Gasteiger partial charge in [-0.3, -0.25) is 0 Å². The minimum Gasteiger partial charge on any atom is -0.373 e. The van der Waals surface area contributed by atoms with Crippen molar-refractivity contribution in [1.82, 2.24) is 0 Å². The standard InChI is InChI=1S/C18H35N3O3S/c19-20-21-25(22,23)16-14-12-10-8-6-4-2-1-3-5-7-9-11-13-15-18-17-24-18/h18H,1-17H2. The molecule has 1 saturated heterocycles. The Morgan fingerprint density at radius 3 is 1.60 bits per heavy atom. The number of hydrogen-bond donors (Lipinski definition) is 0. The van der Waals surface area contributed by atoms with E-state index in [1.54, 1.807) is 0 Å². The first kappa shape index (κ1) is 22.3. The summed E-state index contributed by atoms with van der Waals surface area (Å²) >= 11 is 0. The van der Waals surface area contributed by atoms with Gasteiger partial charge in [-0.1, -0.05) is 83.5 Å². The fraction of sp³-hybridized carbons (Fsp3) is 1.00. The van der Waals surface area contributed by atoms with E-state index in [0.29, 0.717) is 12.5 Å². The van der Waals surface area contributed by atoms with Crippen LogP contribution in [-0.4, -0.2) is 26.9 Å². The predicted octanol–water partition coefficient (Wildman–Crippen LogP) is 5.88. The lowest BCUT2D eigenvalue weighted by molar-refractivity contribution is 0.387. The summed E-state index contributed by atoms with van der Waals surface area (Å²) in [7, 11) is -3.55. The largest absolute Gasteiger partial charge is 0.373 e. The number of azide groups is 1. The average Bonchev–Trinajstić information content (AvgIpc) is 3.38. The molecule has 6 nitrogen and oxygen atoms in total. The summed E-state index contributed by atoms with van der Waals surface area (Å²) in [5.41, 5.74) is 8.12. The van der Waals surface area contributed by atoms with Crippen LogP contribution in [0.1, 0.15) is 96.3 Å². The third-order valence-electron chi connectivity index (χ3n) is 4.74. The maximum absolute atomic E-state index is 11.2. The van der Waals surface area contributed by atoms with Crippen LogP contribution in [0.4, 0.5) is 0 Å². The monoisotopic (exact) mass is 373 g/mol. The summed E-state index contributed by atoms with van der Waals surface area (Å²) in [5, 5.41) is 0. The fourth-order valence-corrected chi connectivity index (χ4v) is 3.87. The molecule has 0 spiro atoms. The Balaban J connectivity index is 1.70. The van der Waals surface area contributed by atoms with Crippen molar-refractivity contribution in [2.75, 3.05) is 12.4 Å². The van der Waals surface area contributed by atoms with Gasteiger partial charge in [-0.25, -0.2) is 8.42 Å². The molecule has 0 aliphatic carbocycles. The molecule has 0 aromatic heterocycles. The van der Waals surface area contributed by atoms with Gasteiger partial charge in [0.15, 0.2) is 0 Å². The Bertz CT molecular complexity index is 472. The van der Waals surface area contributed by atoms with Gasteiger partial charge in [-0.05, 0) is 18.4 Å². The van der Waals surface area contributed by atoms with E-state index in [-0.39, 0.29) is 5.75 Å². The van der Waals surface area contributed by atoms with E-state index >= 15 is 0 Å². The van der Waals surface area contributed by atoms with Crippen LogP contribution in [0.15, 0.2) is 4.52 Å². The van der Waals surface area contributed by atoms with Crippen molar-refractivity contribution in [1.29, 1.82) is 0 Å². The summed E-state index contributed by atoms with van der Waals surface area (Å²) in [4.78, 5) is 2.34. The molecule has 25 heavy (non-hydrogen) atoms. The zero-order chi connectivity index (χ0) is 18.2. The smallest absolute Gasteiger partial charge is 0.235 e. The molecular formula is C18H35N3O3S. The van der Waals surface area contributed by atoms with Crippen LogP contribution >= 0.6 is 0 Å². The van der Waals surface area contributed by atoms with Crippen LogP contribution in [0.5, 0.6) is 0 Å². The average molecular weight is 374 g/mol. The molecule has 1 aliphatic rings. The van der Waals surface area contributed by atoms with E-state index in [4.69, 9.17) is 10.3 Å². The van der Waals surface area contributed by atoms with Crippen molar-refractivity contribution >= 4 is 10.0 Å². The minimum atomic E-state index is -3.55. The van der Waals surface area contributed by atoms with Gasteiger partial charge in [0.05, 0.1) is 18.5 Å². The van der Waals surface area contributed by atoms with Gasteiger partial charge in [-0.15, -0.1) is 0 Å². The Kier molecular flexibility index (Phi) is 12.8. The first-order chi connectivity index (χ1) is 12.1. The van der Waals surface area contributed by atoms with Gasteiger partial charge in [0.25, 0.3) is 0 Å². The molecule has 146 valence electrons. The zero-order valence-corrected chi connectivity index (χ0v) is 16.4. The highest BCUT2D eigenvalue weighted by Gasteiger charge is 2.20. The molecule has 7 heteroatoms. The second-order valence-corrected chi connectivity index (χ2v) is 8.89. The highest BCUT2D eigenvalue weighted by Crippen LogP contribution is 2.18. The second kappa shape index (κ2) is 14.4. The zero-order valence-electron chi connectivity index (χ0n) is 15.6. The molecular weight excluding hydrogens is 338 g/mol. The number of hydrogen-bond acceptors (Lipinski definition) is 3. The van der Waals surface area contributed by atoms with Crippen molar-refractivity contribution in [3.8, 4) is 0 Å². The number of rotatable bonds is 18. The molecule has 1 heterocycles. The number of unbranched alkanes of at least 4 members (excludes halogenated alkanes) is 13. The lowest BCUT2D eigenvalue weighted by Crippen LogP contribution is -2.00. The lowest BCUT2D eigenvalue weighted by atomic mass is 10.0. The first-order valence-electron chi connectivity index (χ1n) is 10.0. The van der Waals surface area contributed by atoms with Crippen LogP contribution in [0.25, 0.3) is 10.4 Å². The van der Waals surface area contributed by atoms with Crippen LogP contribution in [0.2, 0.25) is 0 Å². The van der Waals surface area contributed by atoms with E-state index in [0.717, 1.165) is 19.4 Å². The van der Waals surface area contributed by atoms with E-state index in [9.17, 15) is 8.42 Å². The van der Waals surface area contributed by atoms with Crippen molar-refractivity contribution < 1.29 is 13.2 Å². The van der Waals surface area contributed by atoms with Crippen molar-refractivity contribution in [2.24, 2.45) is 4.52 Å². The third-order valence-corrected chi connectivity index (χ3v) is 5.87. The SMILES string of the molecule is [N-]=[N+]=NS(=O)(=O)CCCCCCCCCCCCCCCCC1CO1. The number of sulfonamides is 1. The maximum atomic E-state index is 11.2. The first-order valence-corrected chi connectivity index (χ1v) is 11.7. The quantitative estimate of drug-likeness (QED) is 0.0986. The third kappa shape index (κ3) is 15.2. The number of nitrogens with zero attached hydrogens (tertiary/aromatic N) is 3. The van der Waals surface area contributed by atoms with Crippen LogP contribution in [0, 0.1) is 0 Å².